The lowest BCUT2D eigenvalue weighted by atomic mass is 10.2. The van der Waals surface area contributed by atoms with Gasteiger partial charge in [-0.25, -0.2) is 0 Å². The molecule has 0 spiro atoms. The minimum Gasteiger partial charge on any atom is -0.400 e. The number of nitro groups is 2. The maximum atomic E-state index is 12.0. The third kappa shape index (κ3) is 3.73. The Bertz CT molecular complexity index is 933. The molecule has 1 N–H and O–H groups in total. The predicted octanol–water partition coefficient (Wildman–Crippen LogP) is 1.72. The fraction of sp³-hybridized carbons (Fsp3) is 0.0833. The molecule has 0 bridgehead atoms. The highest BCUT2D eigenvalue weighted by Gasteiger charge is 2.19. The molecular formula is C12H10N4O7S. The highest BCUT2D eigenvalue weighted by molar-refractivity contribution is 7.89. The zero-order chi connectivity index (χ0) is 17.9. The lowest BCUT2D eigenvalue weighted by Gasteiger charge is -2.04. The molecular weight excluding hydrogens is 344 g/mol. The van der Waals surface area contributed by atoms with Crippen LogP contribution in [0.5, 0.6) is 0 Å². The van der Waals surface area contributed by atoms with E-state index in [0.717, 1.165) is 18.3 Å². The summed E-state index contributed by atoms with van der Waals surface area (Å²) in [6.45, 7) is 1.48. The number of hydrogen-bond acceptors (Lipinski definition) is 8. The van der Waals surface area contributed by atoms with E-state index in [0.29, 0.717) is 5.56 Å². The fourth-order valence-electron chi connectivity index (χ4n) is 1.67. The summed E-state index contributed by atoms with van der Waals surface area (Å²) in [5, 5.41) is 24.7. The molecule has 1 aromatic heterocycles. The van der Waals surface area contributed by atoms with Gasteiger partial charge in [0.25, 0.3) is 15.7 Å². The summed E-state index contributed by atoms with van der Waals surface area (Å²) in [6, 6.07) is 5.71. The summed E-state index contributed by atoms with van der Waals surface area (Å²) >= 11 is 0. The Balaban J connectivity index is 2.19. The van der Waals surface area contributed by atoms with Crippen LogP contribution in [0.3, 0.4) is 0 Å². The second-order valence-corrected chi connectivity index (χ2v) is 6.15. The Morgan fingerprint density at radius 3 is 2.46 bits per heavy atom. The van der Waals surface area contributed by atoms with Crippen molar-refractivity contribution in [1.82, 2.24) is 4.83 Å². The van der Waals surface area contributed by atoms with Gasteiger partial charge in [0.05, 0.1) is 22.1 Å². The number of hydrazone groups is 1. The summed E-state index contributed by atoms with van der Waals surface area (Å²) in [4.78, 5) is 21.3. The molecule has 2 aromatic rings. The molecule has 0 unspecified atom stereocenters. The molecule has 126 valence electrons. The lowest BCUT2D eigenvalue weighted by Crippen LogP contribution is -2.18. The van der Waals surface area contributed by atoms with E-state index in [2.05, 4.69) is 5.10 Å². The van der Waals surface area contributed by atoms with E-state index >= 15 is 0 Å². The Hall–Kier alpha value is -3.28. The van der Waals surface area contributed by atoms with Crippen molar-refractivity contribution in [3.63, 3.8) is 0 Å². The predicted molar refractivity (Wildman–Crippen MR) is 81.1 cm³/mol. The van der Waals surface area contributed by atoms with Crippen LogP contribution in [0.15, 0.2) is 44.7 Å². The van der Waals surface area contributed by atoms with Crippen molar-refractivity contribution >= 4 is 27.8 Å². The zero-order valence-corrected chi connectivity index (χ0v) is 12.9. The molecule has 0 atom stereocenters. The Morgan fingerprint density at radius 2 is 1.88 bits per heavy atom. The summed E-state index contributed by atoms with van der Waals surface area (Å²) in [6.07, 6.45) is 0.924. The Kier molecular flexibility index (Phi) is 4.59. The number of benzene rings is 1. The van der Waals surface area contributed by atoms with Gasteiger partial charge in [-0.2, -0.15) is 18.4 Å². The first-order valence-corrected chi connectivity index (χ1v) is 7.73. The van der Waals surface area contributed by atoms with Gasteiger partial charge in [-0.05, 0) is 19.1 Å². The number of sulfonamides is 1. The number of rotatable bonds is 6. The van der Waals surface area contributed by atoms with Crippen molar-refractivity contribution in [2.75, 3.05) is 0 Å². The first kappa shape index (κ1) is 17.1. The molecule has 1 aromatic carbocycles. The zero-order valence-electron chi connectivity index (χ0n) is 12.1. The third-order valence-corrected chi connectivity index (χ3v) is 4.07. The standard InChI is InChI=1S/C12H10N4O7S/c1-8-2-4-10(6-11(8)15(17)18)24(21,22)14-13-7-9-3-5-12(23-9)16(19)20/h2-7,14H,1H3. The molecule has 1 heterocycles. The molecule has 0 aliphatic heterocycles. The first-order chi connectivity index (χ1) is 11.2. The van der Waals surface area contributed by atoms with Gasteiger partial charge in [-0.1, -0.05) is 6.07 Å². The van der Waals surface area contributed by atoms with E-state index in [1.807, 2.05) is 4.83 Å². The average Bonchev–Trinajstić information content (AvgIpc) is 2.96. The van der Waals surface area contributed by atoms with Gasteiger partial charge >= 0.3 is 5.88 Å². The van der Waals surface area contributed by atoms with Gasteiger partial charge in [-0.3, -0.25) is 20.2 Å². The van der Waals surface area contributed by atoms with Crippen LogP contribution in [0, 0.1) is 27.2 Å². The maximum Gasteiger partial charge on any atom is 0.433 e. The van der Waals surface area contributed by atoms with E-state index in [9.17, 15) is 28.6 Å². The number of nitro benzene ring substituents is 1. The fourth-order valence-corrected chi connectivity index (χ4v) is 2.49. The van der Waals surface area contributed by atoms with E-state index in [1.165, 1.54) is 25.1 Å². The van der Waals surface area contributed by atoms with E-state index < -0.39 is 25.8 Å². The first-order valence-electron chi connectivity index (χ1n) is 6.25. The van der Waals surface area contributed by atoms with E-state index in [1.54, 1.807) is 0 Å². The molecule has 0 aliphatic rings. The van der Waals surface area contributed by atoms with Crippen LogP contribution in [0.2, 0.25) is 0 Å². The molecule has 0 saturated heterocycles. The van der Waals surface area contributed by atoms with Crippen molar-refractivity contribution in [3.8, 4) is 0 Å². The second-order valence-electron chi connectivity index (χ2n) is 4.49. The second kappa shape index (κ2) is 6.45. The third-order valence-electron chi connectivity index (χ3n) is 2.84. The largest absolute Gasteiger partial charge is 0.433 e. The SMILES string of the molecule is Cc1ccc(S(=O)(=O)NN=Cc2ccc([N+](=O)[O-])o2)cc1[N+](=O)[O-]. The molecule has 0 amide bonds. The number of hydrogen-bond donors (Lipinski definition) is 1. The van der Waals surface area contributed by atoms with Gasteiger partial charge in [0.15, 0.2) is 5.76 Å². The maximum absolute atomic E-state index is 12.0. The summed E-state index contributed by atoms with van der Waals surface area (Å²) in [5.74, 6) is -0.562. The number of furan rings is 1. The lowest BCUT2D eigenvalue weighted by molar-refractivity contribution is -0.402. The Labute approximate surface area is 134 Å². The molecule has 24 heavy (non-hydrogen) atoms. The van der Waals surface area contributed by atoms with Crippen LogP contribution >= 0.6 is 0 Å². The van der Waals surface area contributed by atoms with Gasteiger partial charge in [-0.15, -0.1) is 0 Å². The quantitative estimate of drug-likeness (QED) is 0.469. The van der Waals surface area contributed by atoms with Crippen LogP contribution in [-0.2, 0) is 10.0 Å². The summed E-state index contributed by atoms with van der Waals surface area (Å²) < 4.78 is 28.8. The van der Waals surface area contributed by atoms with Gasteiger partial charge < -0.3 is 4.42 Å². The van der Waals surface area contributed by atoms with E-state index in [4.69, 9.17) is 4.42 Å². The van der Waals surface area contributed by atoms with Crippen LogP contribution in [0.1, 0.15) is 11.3 Å². The van der Waals surface area contributed by atoms with Gasteiger partial charge in [0.1, 0.15) is 4.92 Å². The van der Waals surface area contributed by atoms with Crippen molar-refractivity contribution in [2.45, 2.75) is 11.8 Å². The topological polar surface area (TPSA) is 158 Å². The normalized spacial score (nSPS) is 11.5. The van der Waals surface area contributed by atoms with Crippen LogP contribution in [0.4, 0.5) is 11.6 Å². The molecule has 12 heteroatoms. The van der Waals surface area contributed by atoms with Crippen molar-refractivity contribution in [1.29, 1.82) is 0 Å². The van der Waals surface area contributed by atoms with Gasteiger partial charge in [0, 0.05) is 11.6 Å². The van der Waals surface area contributed by atoms with Crippen molar-refractivity contribution < 1.29 is 22.7 Å². The van der Waals surface area contributed by atoms with Crippen LogP contribution in [-0.4, -0.2) is 24.5 Å². The highest BCUT2D eigenvalue weighted by atomic mass is 32.2. The van der Waals surface area contributed by atoms with Gasteiger partial charge in [0.2, 0.25) is 0 Å². The average molecular weight is 354 g/mol. The smallest absolute Gasteiger partial charge is 0.400 e. The van der Waals surface area contributed by atoms with Crippen LogP contribution < -0.4 is 4.83 Å². The molecule has 0 radical (unpaired) electrons. The van der Waals surface area contributed by atoms with Crippen molar-refractivity contribution in [3.05, 3.63) is 61.9 Å². The Morgan fingerprint density at radius 1 is 1.17 bits per heavy atom. The van der Waals surface area contributed by atoms with Crippen molar-refractivity contribution in [2.24, 2.45) is 5.10 Å². The number of nitrogens with zero attached hydrogens (tertiary/aromatic N) is 3. The highest BCUT2D eigenvalue weighted by Crippen LogP contribution is 2.22. The monoisotopic (exact) mass is 354 g/mol. The van der Waals surface area contributed by atoms with Crippen LogP contribution in [0.25, 0.3) is 0 Å². The summed E-state index contributed by atoms with van der Waals surface area (Å²) in [7, 11) is -4.14. The molecule has 11 nitrogen and oxygen atoms in total. The molecule has 0 aliphatic carbocycles. The number of nitrogens with one attached hydrogen (secondary N) is 1. The molecule has 0 fully saturated rings. The number of aryl methyl sites for hydroxylation is 1. The molecule has 2 rings (SSSR count). The minimum absolute atomic E-state index is 0.0423. The van der Waals surface area contributed by atoms with E-state index in [-0.39, 0.29) is 16.3 Å². The minimum atomic E-state index is -4.14. The summed E-state index contributed by atoms with van der Waals surface area (Å²) in [5.41, 5.74) is -0.0335. The molecule has 0 saturated carbocycles.